The molecule has 0 aromatic rings. The van der Waals surface area contributed by atoms with E-state index in [0.29, 0.717) is 52.8 Å². The van der Waals surface area contributed by atoms with Crippen LogP contribution in [-0.4, -0.2) is 29.1 Å². The first kappa shape index (κ1) is 20.1. The lowest BCUT2D eigenvalue weighted by atomic mass is 9.43. The molecule has 4 saturated carbocycles. The number of rotatable bonds is 4. The highest BCUT2D eigenvalue weighted by Crippen LogP contribution is 2.68. The molecule has 4 aliphatic carbocycles. The van der Waals surface area contributed by atoms with E-state index in [1.165, 1.54) is 25.7 Å². The molecule has 4 fully saturated rings. The van der Waals surface area contributed by atoms with E-state index >= 15 is 0 Å². The molecule has 2 nitrogen and oxygen atoms in total. The third kappa shape index (κ3) is 3.10. The zero-order chi connectivity index (χ0) is 19.4. The van der Waals surface area contributed by atoms with Gasteiger partial charge in [0.2, 0.25) is 0 Å². The molecule has 0 amide bonds. The molecule has 0 saturated heterocycles. The Morgan fingerprint density at radius 3 is 2.41 bits per heavy atom. The van der Waals surface area contributed by atoms with E-state index in [1.54, 1.807) is 0 Å². The first-order valence-corrected chi connectivity index (χ1v) is 11.7. The number of hydrogen-bond donors (Lipinski definition) is 2. The van der Waals surface area contributed by atoms with Crippen molar-refractivity contribution in [1.82, 2.24) is 0 Å². The zero-order valence-electron chi connectivity index (χ0n) is 17.7. The third-order valence-electron chi connectivity index (χ3n) is 10.2. The molecule has 0 spiro atoms. The minimum absolute atomic E-state index is 0.159. The molecule has 10 atom stereocenters. The predicted molar refractivity (Wildman–Crippen MR) is 107 cm³/mol. The predicted octanol–water partition coefficient (Wildman–Crippen LogP) is 5.36. The number of halogens is 1. The molecule has 0 aromatic carbocycles. The smallest absolute Gasteiger partial charge is 0.0894 e. The standard InChI is InChI=1S/C24H41FO2/c1-15(5-4-12-25)18-6-7-19-22-20(9-11-24(18,19)3)23(2)10-8-17(26)13-16(23)14-21(22)27/h15-22,26-27H,4-14H2,1-3H3/t15-,16+,17-,18?,19+,20+,21-,22+,23+,24-/m1/s1. The summed E-state index contributed by atoms with van der Waals surface area (Å²) in [6.45, 7) is 7.14. The van der Waals surface area contributed by atoms with Crippen LogP contribution in [0.15, 0.2) is 0 Å². The molecule has 27 heavy (non-hydrogen) atoms. The number of aliphatic hydroxyl groups is 2. The highest BCUT2D eigenvalue weighted by atomic mass is 19.1. The third-order valence-corrected chi connectivity index (χ3v) is 10.2. The Balaban J connectivity index is 1.57. The molecular weight excluding hydrogens is 339 g/mol. The minimum Gasteiger partial charge on any atom is -0.393 e. The number of fused-ring (bicyclic) bond motifs is 5. The van der Waals surface area contributed by atoms with Crippen molar-refractivity contribution < 1.29 is 14.6 Å². The van der Waals surface area contributed by atoms with Gasteiger partial charge in [-0.1, -0.05) is 20.8 Å². The summed E-state index contributed by atoms with van der Waals surface area (Å²) in [4.78, 5) is 0. The molecule has 156 valence electrons. The molecule has 0 heterocycles. The molecule has 1 unspecified atom stereocenters. The van der Waals surface area contributed by atoms with Crippen molar-refractivity contribution in [1.29, 1.82) is 0 Å². The van der Waals surface area contributed by atoms with Crippen molar-refractivity contribution in [3.8, 4) is 0 Å². The normalized spacial score (nSPS) is 53.3. The van der Waals surface area contributed by atoms with Gasteiger partial charge in [-0.15, -0.1) is 0 Å². The Labute approximate surface area is 165 Å². The summed E-state index contributed by atoms with van der Waals surface area (Å²) in [7, 11) is 0. The molecule has 4 aliphatic rings. The maximum absolute atomic E-state index is 12.7. The van der Waals surface area contributed by atoms with E-state index in [1.807, 2.05) is 0 Å². The minimum atomic E-state index is -0.192. The first-order valence-electron chi connectivity index (χ1n) is 11.7. The topological polar surface area (TPSA) is 40.5 Å². The van der Waals surface area contributed by atoms with Gasteiger partial charge in [-0.05, 0) is 111 Å². The Morgan fingerprint density at radius 2 is 1.67 bits per heavy atom. The molecule has 4 rings (SSSR count). The molecule has 0 aliphatic heterocycles. The van der Waals surface area contributed by atoms with E-state index in [9.17, 15) is 14.6 Å². The summed E-state index contributed by atoms with van der Waals surface area (Å²) in [5, 5.41) is 21.4. The second kappa shape index (κ2) is 7.27. The van der Waals surface area contributed by atoms with Crippen LogP contribution in [0.25, 0.3) is 0 Å². The van der Waals surface area contributed by atoms with Crippen molar-refractivity contribution in [3.63, 3.8) is 0 Å². The molecular formula is C24H41FO2. The van der Waals surface area contributed by atoms with E-state index in [4.69, 9.17) is 0 Å². The maximum atomic E-state index is 12.7. The summed E-state index contributed by atoms with van der Waals surface area (Å²) >= 11 is 0. The van der Waals surface area contributed by atoms with Crippen molar-refractivity contribution in [2.45, 2.75) is 97.2 Å². The van der Waals surface area contributed by atoms with Gasteiger partial charge in [-0.25, -0.2) is 0 Å². The zero-order valence-corrected chi connectivity index (χ0v) is 17.7. The Morgan fingerprint density at radius 1 is 0.963 bits per heavy atom. The van der Waals surface area contributed by atoms with Gasteiger partial charge >= 0.3 is 0 Å². The van der Waals surface area contributed by atoms with Gasteiger partial charge in [0.05, 0.1) is 18.9 Å². The van der Waals surface area contributed by atoms with Crippen molar-refractivity contribution in [2.75, 3.05) is 6.67 Å². The fourth-order valence-corrected chi connectivity index (χ4v) is 8.78. The molecule has 2 N–H and O–H groups in total. The average Bonchev–Trinajstić information content (AvgIpc) is 2.98. The largest absolute Gasteiger partial charge is 0.393 e. The Bertz CT molecular complexity index is 538. The van der Waals surface area contributed by atoms with E-state index in [-0.39, 0.29) is 18.9 Å². The van der Waals surface area contributed by atoms with Crippen LogP contribution in [0.3, 0.4) is 0 Å². The van der Waals surface area contributed by atoms with Gasteiger partial charge in [-0.2, -0.15) is 0 Å². The van der Waals surface area contributed by atoms with Gasteiger partial charge in [0.1, 0.15) is 0 Å². The van der Waals surface area contributed by atoms with Gasteiger partial charge in [0.25, 0.3) is 0 Å². The van der Waals surface area contributed by atoms with E-state index < -0.39 is 0 Å². The van der Waals surface area contributed by atoms with Crippen LogP contribution in [0.1, 0.15) is 85.0 Å². The second-order valence-electron chi connectivity index (χ2n) is 11.3. The van der Waals surface area contributed by atoms with Crippen LogP contribution in [0.5, 0.6) is 0 Å². The van der Waals surface area contributed by atoms with Gasteiger partial charge in [0, 0.05) is 0 Å². The summed E-state index contributed by atoms with van der Waals surface area (Å²) in [6.07, 6.45) is 10.3. The Kier molecular flexibility index (Phi) is 5.42. The van der Waals surface area contributed by atoms with Crippen molar-refractivity contribution >= 4 is 0 Å². The van der Waals surface area contributed by atoms with Crippen molar-refractivity contribution in [2.24, 2.45) is 46.3 Å². The van der Waals surface area contributed by atoms with Gasteiger partial charge < -0.3 is 10.2 Å². The number of hydrogen-bond acceptors (Lipinski definition) is 2. The molecule has 0 aromatic heterocycles. The van der Waals surface area contributed by atoms with Gasteiger partial charge in [0.15, 0.2) is 0 Å². The van der Waals surface area contributed by atoms with Crippen LogP contribution in [0.4, 0.5) is 4.39 Å². The monoisotopic (exact) mass is 380 g/mol. The van der Waals surface area contributed by atoms with Crippen LogP contribution in [-0.2, 0) is 0 Å². The quantitative estimate of drug-likeness (QED) is 0.689. The maximum Gasteiger partial charge on any atom is 0.0894 e. The van der Waals surface area contributed by atoms with Crippen LogP contribution in [0, 0.1) is 46.3 Å². The van der Waals surface area contributed by atoms with Crippen molar-refractivity contribution in [3.05, 3.63) is 0 Å². The fraction of sp³-hybridized carbons (Fsp3) is 1.00. The highest BCUT2D eigenvalue weighted by molar-refractivity contribution is 5.11. The lowest BCUT2D eigenvalue weighted by molar-refractivity contribution is -0.174. The molecule has 0 bridgehead atoms. The molecule has 0 radical (unpaired) electrons. The SMILES string of the molecule is C[C@H](CCCF)C1CC[C@H]2[C@@H]3[C@H](O)C[C@@H]4C[C@H](O)CC[C@]4(C)[C@H]3CC[C@]12C. The average molecular weight is 381 g/mol. The Hall–Kier alpha value is -0.150. The highest BCUT2D eigenvalue weighted by Gasteiger charge is 2.62. The second-order valence-corrected chi connectivity index (χ2v) is 11.3. The summed E-state index contributed by atoms with van der Waals surface area (Å²) < 4.78 is 12.7. The van der Waals surface area contributed by atoms with Crippen LogP contribution in [0.2, 0.25) is 0 Å². The lowest BCUT2D eigenvalue weighted by Gasteiger charge is -2.62. The number of aliphatic hydroxyl groups excluding tert-OH is 2. The summed E-state index contributed by atoms with van der Waals surface area (Å²) in [5.41, 5.74) is 0.637. The number of alkyl halides is 1. The summed E-state index contributed by atoms with van der Waals surface area (Å²) in [6, 6.07) is 0. The lowest BCUT2D eigenvalue weighted by Crippen LogP contribution is -2.58. The van der Waals surface area contributed by atoms with Crippen LogP contribution < -0.4 is 0 Å². The summed E-state index contributed by atoms with van der Waals surface area (Å²) in [5.74, 6) is 3.48. The van der Waals surface area contributed by atoms with Crippen LogP contribution >= 0.6 is 0 Å². The molecule has 3 heteroatoms. The van der Waals surface area contributed by atoms with Gasteiger partial charge in [-0.3, -0.25) is 4.39 Å². The van der Waals surface area contributed by atoms with E-state index in [0.717, 1.165) is 32.1 Å². The fourth-order valence-electron chi connectivity index (χ4n) is 8.78. The van der Waals surface area contributed by atoms with E-state index in [2.05, 4.69) is 20.8 Å². The first-order chi connectivity index (χ1) is 12.8.